The molecule has 0 aliphatic heterocycles. The van der Waals surface area contributed by atoms with E-state index in [0.29, 0.717) is 12.0 Å². The molecule has 0 spiro atoms. The van der Waals surface area contributed by atoms with Crippen molar-refractivity contribution in [2.75, 3.05) is 33.7 Å². The largest absolute Gasteiger partial charge is 0.357 e. The van der Waals surface area contributed by atoms with Gasteiger partial charge in [-0.1, -0.05) is 0 Å². The van der Waals surface area contributed by atoms with Crippen LogP contribution >= 0.6 is 0 Å². The highest BCUT2D eigenvalue weighted by Crippen LogP contribution is 2.34. The number of hydrogen-bond donors (Lipinski definition) is 3. The van der Waals surface area contributed by atoms with E-state index < -0.39 is 0 Å². The molecular formula is C16H33N5O. The lowest BCUT2D eigenvalue weighted by atomic mass is 10.1. The predicted molar refractivity (Wildman–Crippen MR) is 92.1 cm³/mol. The van der Waals surface area contributed by atoms with Crippen LogP contribution in [0.15, 0.2) is 4.99 Å². The summed E-state index contributed by atoms with van der Waals surface area (Å²) in [6, 6.07) is 0.521. The molecule has 0 aromatic rings. The highest BCUT2D eigenvalue weighted by atomic mass is 16.2. The molecule has 1 atom stereocenters. The summed E-state index contributed by atoms with van der Waals surface area (Å²) in [4.78, 5) is 18.5. The number of rotatable bonds is 7. The second-order valence-corrected chi connectivity index (χ2v) is 7.24. The van der Waals surface area contributed by atoms with E-state index in [0.717, 1.165) is 19.0 Å². The van der Waals surface area contributed by atoms with Crippen molar-refractivity contribution in [3.8, 4) is 0 Å². The summed E-state index contributed by atoms with van der Waals surface area (Å²) in [6.07, 6.45) is 2.62. The molecule has 1 saturated carbocycles. The van der Waals surface area contributed by atoms with Gasteiger partial charge in [-0.3, -0.25) is 4.79 Å². The van der Waals surface area contributed by atoms with Gasteiger partial charge in [0.1, 0.15) is 6.54 Å². The van der Waals surface area contributed by atoms with Gasteiger partial charge in [0, 0.05) is 24.7 Å². The fourth-order valence-corrected chi connectivity index (χ4v) is 2.40. The lowest BCUT2D eigenvalue weighted by molar-refractivity contribution is -0.121. The number of nitrogens with one attached hydrogen (secondary N) is 3. The van der Waals surface area contributed by atoms with Gasteiger partial charge in [-0.25, -0.2) is 4.99 Å². The molecule has 0 aromatic carbocycles. The monoisotopic (exact) mass is 311 g/mol. The van der Waals surface area contributed by atoms with Crippen LogP contribution in [0.2, 0.25) is 0 Å². The van der Waals surface area contributed by atoms with Crippen LogP contribution < -0.4 is 16.0 Å². The van der Waals surface area contributed by atoms with Crippen LogP contribution in [0.5, 0.6) is 0 Å². The van der Waals surface area contributed by atoms with E-state index in [4.69, 9.17) is 0 Å². The molecule has 1 aliphatic rings. The van der Waals surface area contributed by atoms with Gasteiger partial charge < -0.3 is 20.9 Å². The minimum absolute atomic E-state index is 0.0592. The molecule has 6 heteroatoms. The fourth-order valence-electron chi connectivity index (χ4n) is 2.40. The highest BCUT2D eigenvalue weighted by molar-refractivity contribution is 5.85. The van der Waals surface area contributed by atoms with Crippen LogP contribution in [0.4, 0.5) is 0 Å². The van der Waals surface area contributed by atoms with Gasteiger partial charge >= 0.3 is 0 Å². The summed E-state index contributed by atoms with van der Waals surface area (Å²) in [5, 5.41) is 9.47. The molecule has 0 saturated heterocycles. The lowest BCUT2D eigenvalue weighted by Gasteiger charge is -2.25. The minimum atomic E-state index is -0.222. The molecule has 1 unspecified atom stereocenters. The maximum absolute atomic E-state index is 11.8. The van der Waals surface area contributed by atoms with Crippen molar-refractivity contribution < 1.29 is 4.79 Å². The van der Waals surface area contributed by atoms with E-state index >= 15 is 0 Å². The molecule has 1 aliphatic carbocycles. The third-order valence-electron chi connectivity index (χ3n) is 3.55. The Hall–Kier alpha value is -1.30. The maximum Gasteiger partial charge on any atom is 0.242 e. The summed E-state index contributed by atoms with van der Waals surface area (Å²) in [7, 11) is 4.23. The van der Waals surface area contributed by atoms with Crippen LogP contribution in [0.25, 0.3) is 0 Å². The lowest BCUT2D eigenvalue weighted by Crippen LogP contribution is -2.47. The van der Waals surface area contributed by atoms with E-state index in [1.807, 2.05) is 27.7 Å². The molecule has 0 aromatic heterocycles. The number of nitrogens with zero attached hydrogens (tertiary/aromatic N) is 2. The smallest absolute Gasteiger partial charge is 0.242 e. The predicted octanol–water partition coefficient (Wildman–Crippen LogP) is 0.796. The molecule has 6 nitrogen and oxygen atoms in total. The molecule has 0 heterocycles. The Bertz CT molecular complexity index is 380. The normalized spacial score (nSPS) is 17.3. The summed E-state index contributed by atoms with van der Waals surface area (Å²) in [5.41, 5.74) is -0.222. The Balaban J connectivity index is 2.49. The maximum atomic E-state index is 11.8. The van der Waals surface area contributed by atoms with Crippen molar-refractivity contribution in [2.24, 2.45) is 10.9 Å². The van der Waals surface area contributed by atoms with Crippen LogP contribution in [0.3, 0.4) is 0 Å². The zero-order valence-electron chi connectivity index (χ0n) is 15.0. The summed E-state index contributed by atoms with van der Waals surface area (Å²) >= 11 is 0. The number of aliphatic imine (C=N–C) groups is 1. The Labute approximate surface area is 135 Å². The minimum Gasteiger partial charge on any atom is -0.357 e. The van der Waals surface area contributed by atoms with E-state index in [1.54, 1.807) is 0 Å². The average molecular weight is 311 g/mol. The number of amides is 1. The number of guanidine groups is 1. The number of carbonyl (C=O) groups excluding carboxylic acids is 1. The highest BCUT2D eigenvalue weighted by Gasteiger charge is 2.32. The molecule has 1 rings (SSSR count). The standard InChI is InChI=1S/C16H33N5O/c1-7-17-15(19-11-14(22)20-16(2,3)4)18-10-13(21(5)6)12-8-9-12/h12-13H,7-11H2,1-6H3,(H,20,22)(H2,17,18,19). The second-order valence-electron chi connectivity index (χ2n) is 7.24. The van der Waals surface area contributed by atoms with Gasteiger partial charge in [-0.2, -0.15) is 0 Å². The van der Waals surface area contributed by atoms with E-state index in [-0.39, 0.29) is 18.0 Å². The topological polar surface area (TPSA) is 68.8 Å². The SMILES string of the molecule is CCNC(=NCC(=O)NC(C)(C)C)NCC(C1CC1)N(C)C. The summed E-state index contributed by atoms with van der Waals surface area (Å²) < 4.78 is 0. The van der Waals surface area contributed by atoms with Crippen molar-refractivity contribution >= 4 is 11.9 Å². The molecular weight excluding hydrogens is 278 g/mol. The van der Waals surface area contributed by atoms with Gasteiger partial charge in [0.05, 0.1) is 0 Å². The zero-order valence-corrected chi connectivity index (χ0v) is 15.0. The third kappa shape index (κ3) is 7.64. The van der Waals surface area contributed by atoms with Gasteiger partial charge in [0.2, 0.25) is 5.91 Å². The summed E-state index contributed by atoms with van der Waals surface area (Å²) in [5.74, 6) is 1.43. The van der Waals surface area contributed by atoms with Crippen LogP contribution in [-0.2, 0) is 4.79 Å². The van der Waals surface area contributed by atoms with Gasteiger partial charge in [-0.05, 0) is 60.5 Å². The first-order chi connectivity index (χ1) is 10.2. The zero-order chi connectivity index (χ0) is 16.8. The van der Waals surface area contributed by atoms with Crippen LogP contribution in [0, 0.1) is 5.92 Å². The number of likely N-dealkylation sites (N-methyl/N-ethyl adjacent to an activating group) is 1. The third-order valence-corrected chi connectivity index (χ3v) is 3.55. The van der Waals surface area contributed by atoms with Crippen molar-refractivity contribution in [1.29, 1.82) is 0 Å². The molecule has 0 radical (unpaired) electrons. The Morgan fingerprint density at radius 3 is 2.36 bits per heavy atom. The van der Waals surface area contributed by atoms with E-state index in [2.05, 4.69) is 39.9 Å². The Kier molecular flexibility index (Phi) is 7.13. The van der Waals surface area contributed by atoms with Gasteiger partial charge in [0.15, 0.2) is 5.96 Å². The molecule has 0 bridgehead atoms. The molecule has 1 amide bonds. The number of hydrogen-bond acceptors (Lipinski definition) is 3. The summed E-state index contributed by atoms with van der Waals surface area (Å²) in [6.45, 7) is 9.70. The fraction of sp³-hybridized carbons (Fsp3) is 0.875. The second kappa shape index (κ2) is 8.36. The molecule has 128 valence electrons. The van der Waals surface area contributed by atoms with Crippen LogP contribution in [0.1, 0.15) is 40.5 Å². The van der Waals surface area contributed by atoms with Crippen molar-refractivity contribution in [1.82, 2.24) is 20.9 Å². The van der Waals surface area contributed by atoms with Gasteiger partial charge in [0.25, 0.3) is 0 Å². The van der Waals surface area contributed by atoms with E-state index in [9.17, 15) is 4.79 Å². The molecule has 1 fully saturated rings. The first-order valence-electron chi connectivity index (χ1n) is 8.22. The van der Waals surface area contributed by atoms with Crippen molar-refractivity contribution in [3.05, 3.63) is 0 Å². The molecule has 22 heavy (non-hydrogen) atoms. The molecule has 3 N–H and O–H groups in total. The number of carbonyl (C=O) groups is 1. The van der Waals surface area contributed by atoms with Crippen LogP contribution in [-0.4, -0.2) is 62.1 Å². The Morgan fingerprint density at radius 2 is 1.91 bits per heavy atom. The first-order valence-corrected chi connectivity index (χ1v) is 8.22. The Morgan fingerprint density at radius 1 is 1.27 bits per heavy atom. The van der Waals surface area contributed by atoms with Crippen molar-refractivity contribution in [2.45, 2.75) is 52.1 Å². The average Bonchev–Trinajstić information content (AvgIpc) is 3.18. The van der Waals surface area contributed by atoms with Crippen molar-refractivity contribution in [3.63, 3.8) is 0 Å². The first kappa shape index (κ1) is 18.7. The van der Waals surface area contributed by atoms with Gasteiger partial charge in [-0.15, -0.1) is 0 Å². The quantitative estimate of drug-likeness (QED) is 0.480. The van der Waals surface area contributed by atoms with E-state index in [1.165, 1.54) is 12.8 Å².